The number of rotatable bonds is 9. The fourth-order valence-corrected chi connectivity index (χ4v) is 4.73. The second kappa shape index (κ2) is 11.7. The third-order valence-electron chi connectivity index (χ3n) is 5.43. The molecular weight excluding hydrogens is 512 g/mol. The molecule has 1 aliphatic heterocycles. The smallest absolute Gasteiger partial charge is 0.387 e. The van der Waals surface area contributed by atoms with Crippen molar-refractivity contribution < 1.29 is 23.0 Å². The molecule has 0 spiro atoms. The molecule has 8 nitrogen and oxygen atoms in total. The first kappa shape index (κ1) is 25.9. The van der Waals surface area contributed by atoms with Crippen LogP contribution < -0.4 is 20.1 Å². The van der Waals surface area contributed by atoms with E-state index in [1.54, 1.807) is 36.5 Å². The fourth-order valence-electron chi connectivity index (χ4n) is 3.53. The van der Waals surface area contributed by atoms with Crippen molar-refractivity contribution in [1.29, 1.82) is 0 Å². The first-order valence-corrected chi connectivity index (χ1v) is 12.2. The SMILES string of the molecule is CN1CCN(c2ncc(Sc3ccc(C(N)=O)c(Cl)c3)c(OCc3cccc(OC(F)F)c3)n2)CC1. The van der Waals surface area contributed by atoms with Gasteiger partial charge in [-0.1, -0.05) is 35.5 Å². The molecule has 1 saturated heterocycles. The number of alkyl halides is 2. The van der Waals surface area contributed by atoms with Crippen molar-refractivity contribution in [1.82, 2.24) is 14.9 Å². The molecule has 36 heavy (non-hydrogen) atoms. The molecule has 1 amide bonds. The van der Waals surface area contributed by atoms with Gasteiger partial charge < -0.3 is 25.0 Å². The van der Waals surface area contributed by atoms with E-state index in [1.807, 2.05) is 0 Å². The van der Waals surface area contributed by atoms with Crippen molar-refractivity contribution >= 4 is 35.2 Å². The van der Waals surface area contributed by atoms with Gasteiger partial charge in [0.05, 0.1) is 21.7 Å². The quantitative estimate of drug-likeness (QED) is 0.433. The molecule has 12 heteroatoms. The van der Waals surface area contributed by atoms with E-state index in [4.69, 9.17) is 22.1 Å². The first-order valence-electron chi connectivity index (χ1n) is 11.0. The molecule has 1 aliphatic rings. The Labute approximate surface area is 216 Å². The summed E-state index contributed by atoms with van der Waals surface area (Å²) in [4.78, 5) is 26.4. The van der Waals surface area contributed by atoms with Gasteiger partial charge in [0, 0.05) is 31.1 Å². The zero-order chi connectivity index (χ0) is 25.7. The van der Waals surface area contributed by atoms with Crippen LogP contribution in [0.2, 0.25) is 5.02 Å². The summed E-state index contributed by atoms with van der Waals surface area (Å²) in [5.74, 6) is 0.308. The largest absolute Gasteiger partial charge is 0.472 e. The maximum atomic E-state index is 12.6. The predicted octanol–water partition coefficient (Wildman–Crippen LogP) is 4.31. The molecular formula is C24H24ClF2N5O3S. The summed E-state index contributed by atoms with van der Waals surface area (Å²) in [5.41, 5.74) is 6.20. The van der Waals surface area contributed by atoms with Gasteiger partial charge in [-0.25, -0.2) is 4.98 Å². The van der Waals surface area contributed by atoms with Gasteiger partial charge >= 0.3 is 6.61 Å². The van der Waals surface area contributed by atoms with Gasteiger partial charge in [-0.05, 0) is 42.9 Å². The molecule has 2 heterocycles. The third-order valence-corrected chi connectivity index (χ3v) is 6.73. The van der Waals surface area contributed by atoms with Gasteiger partial charge in [0.25, 0.3) is 0 Å². The van der Waals surface area contributed by atoms with Gasteiger partial charge in [0.1, 0.15) is 12.4 Å². The average Bonchev–Trinajstić information content (AvgIpc) is 2.83. The number of aromatic nitrogens is 2. The number of likely N-dealkylation sites (N-methyl/N-ethyl adjacent to an activating group) is 1. The van der Waals surface area contributed by atoms with Crippen LogP contribution in [0.5, 0.6) is 11.6 Å². The van der Waals surface area contributed by atoms with Crippen LogP contribution in [0.4, 0.5) is 14.7 Å². The van der Waals surface area contributed by atoms with Gasteiger partial charge in [0.15, 0.2) is 0 Å². The molecule has 2 aromatic carbocycles. The van der Waals surface area contributed by atoms with Crippen LogP contribution in [-0.4, -0.2) is 60.6 Å². The summed E-state index contributed by atoms with van der Waals surface area (Å²) < 4.78 is 35.7. The van der Waals surface area contributed by atoms with Crippen molar-refractivity contribution in [3.63, 3.8) is 0 Å². The molecule has 190 valence electrons. The molecule has 0 bridgehead atoms. The molecule has 0 atom stereocenters. The molecule has 3 aromatic rings. The third kappa shape index (κ3) is 6.74. The fraction of sp³-hybridized carbons (Fsp3) is 0.292. The Balaban J connectivity index is 1.58. The van der Waals surface area contributed by atoms with Crippen molar-refractivity contribution in [2.45, 2.75) is 23.0 Å². The Kier molecular flexibility index (Phi) is 8.44. The monoisotopic (exact) mass is 535 g/mol. The number of hydrogen-bond acceptors (Lipinski definition) is 8. The maximum Gasteiger partial charge on any atom is 0.387 e. The number of hydrogen-bond donors (Lipinski definition) is 1. The maximum absolute atomic E-state index is 12.6. The lowest BCUT2D eigenvalue weighted by atomic mass is 10.2. The standard InChI is InChI=1S/C24H24ClF2N5O3S/c1-31-7-9-32(10-8-31)24-29-13-20(36-17-5-6-18(21(28)33)19(25)12-17)22(30-24)34-14-15-3-2-4-16(11-15)35-23(26)27/h2-6,11-13,23H,7-10,14H2,1H3,(H2,28,33). The lowest BCUT2D eigenvalue weighted by Gasteiger charge is -2.32. The van der Waals surface area contributed by atoms with Crippen LogP contribution >= 0.6 is 23.4 Å². The van der Waals surface area contributed by atoms with Crippen molar-refractivity contribution in [3.8, 4) is 11.6 Å². The second-order valence-electron chi connectivity index (χ2n) is 8.05. The lowest BCUT2D eigenvalue weighted by molar-refractivity contribution is -0.0499. The molecule has 4 rings (SSSR count). The Morgan fingerprint density at radius 1 is 1.19 bits per heavy atom. The van der Waals surface area contributed by atoms with Crippen LogP contribution in [0, 0.1) is 0 Å². The molecule has 0 saturated carbocycles. The molecule has 0 aliphatic carbocycles. The van der Waals surface area contributed by atoms with E-state index in [9.17, 15) is 13.6 Å². The van der Waals surface area contributed by atoms with Gasteiger partial charge in [0.2, 0.25) is 17.7 Å². The molecule has 1 fully saturated rings. The van der Waals surface area contributed by atoms with E-state index in [-0.39, 0.29) is 22.9 Å². The Hall–Kier alpha value is -3.15. The number of benzene rings is 2. The van der Waals surface area contributed by atoms with E-state index in [2.05, 4.69) is 31.6 Å². The summed E-state index contributed by atoms with van der Waals surface area (Å²) in [6.07, 6.45) is 1.67. The molecule has 0 unspecified atom stereocenters. The normalized spacial score (nSPS) is 14.2. The first-order chi connectivity index (χ1) is 17.3. The minimum Gasteiger partial charge on any atom is -0.472 e. The molecule has 2 N–H and O–H groups in total. The van der Waals surface area contributed by atoms with E-state index in [0.29, 0.717) is 22.3 Å². The zero-order valence-corrected chi connectivity index (χ0v) is 20.9. The highest BCUT2D eigenvalue weighted by molar-refractivity contribution is 7.99. The van der Waals surface area contributed by atoms with E-state index in [1.165, 1.54) is 23.9 Å². The zero-order valence-electron chi connectivity index (χ0n) is 19.4. The number of carbonyl (C=O) groups is 1. The topological polar surface area (TPSA) is 93.8 Å². The summed E-state index contributed by atoms with van der Waals surface area (Å²) >= 11 is 7.52. The summed E-state index contributed by atoms with van der Waals surface area (Å²) in [7, 11) is 2.06. The molecule has 1 aromatic heterocycles. The van der Waals surface area contributed by atoms with Crippen LogP contribution in [0.25, 0.3) is 0 Å². The van der Waals surface area contributed by atoms with Gasteiger partial charge in [-0.15, -0.1) is 0 Å². The minimum absolute atomic E-state index is 0.0469. The number of carbonyl (C=O) groups excluding carboxylic acids is 1. The average molecular weight is 536 g/mol. The predicted molar refractivity (Wildman–Crippen MR) is 133 cm³/mol. The number of halogens is 3. The highest BCUT2D eigenvalue weighted by Crippen LogP contribution is 2.36. The van der Waals surface area contributed by atoms with Gasteiger partial charge in [-0.2, -0.15) is 13.8 Å². The van der Waals surface area contributed by atoms with Gasteiger partial charge in [-0.3, -0.25) is 4.79 Å². The highest BCUT2D eigenvalue weighted by Gasteiger charge is 2.20. The van der Waals surface area contributed by atoms with Crippen LogP contribution in [0.1, 0.15) is 15.9 Å². The summed E-state index contributed by atoms with van der Waals surface area (Å²) in [6.45, 7) is 0.494. The van der Waals surface area contributed by atoms with E-state index < -0.39 is 12.5 Å². The number of ether oxygens (including phenoxy) is 2. The summed E-state index contributed by atoms with van der Waals surface area (Å²) in [5, 5.41) is 0.237. The number of amides is 1. The number of anilines is 1. The highest BCUT2D eigenvalue weighted by atomic mass is 35.5. The number of nitrogens with two attached hydrogens (primary N) is 1. The lowest BCUT2D eigenvalue weighted by Crippen LogP contribution is -2.45. The summed E-state index contributed by atoms with van der Waals surface area (Å²) in [6, 6.07) is 11.2. The number of nitrogens with zero attached hydrogens (tertiary/aromatic N) is 4. The number of primary amides is 1. The van der Waals surface area contributed by atoms with Crippen molar-refractivity contribution in [2.75, 3.05) is 38.1 Å². The second-order valence-corrected chi connectivity index (χ2v) is 9.57. The van der Waals surface area contributed by atoms with E-state index >= 15 is 0 Å². The van der Waals surface area contributed by atoms with Crippen LogP contribution in [0.3, 0.4) is 0 Å². The Morgan fingerprint density at radius 2 is 1.97 bits per heavy atom. The minimum atomic E-state index is -2.91. The number of piperazine rings is 1. The Morgan fingerprint density at radius 3 is 2.67 bits per heavy atom. The van der Waals surface area contributed by atoms with Crippen LogP contribution in [0.15, 0.2) is 58.5 Å². The van der Waals surface area contributed by atoms with E-state index in [0.717, 1.165) is 31.1 Å². The van der Waals surface area contributed by atoms with Crippen LogP contribution in [-0.2, 0) is 6.61 Å². The van der Waals surface area contributed by atoms with Crippen molar-refractivity contribution in [3.05, 3.63) is 64.8 Å². The van der Waals surface area contributed by atoms with Crippen molar-refractivity contribution in [2.24, 2.45) is 5.73 Å². The molecule has 0 radical (unpaired) electrons. The Bertz CT molecular complexity index is 1230.